The molecule has 0 aliphatic heterocycles. The SMILES string of the molecule is COC(=O)[C@@H](c1cccc(C)c1)[C@H](O)c1ccccc1. The molecule has 2 atom stereocenters. The standard InChI is InChI=1S/C17H18O3/c1-12-7-6-10-14(11-12)15(17(19)20-2)16(18)13-8-4-3-5-9-13/h3-11,15-16,18H,1-2H3/t15-,16+/m0/s1. The Morgan fingerprint density at radius 1 is 1.05 bits per heavy atom. The summed E-state index contributed by atoms with van der Waals surface area (Å²) in [5.41, 5.74) is 2.49. The van der Waals surface area contributed by atoms with Gasteiger partial charge in [0.1, 0.15) is 5.92 Å². The van der Waals surface area contributed by atoms with Crippen molar-refractivity contribution in [2.24, 2.45) is 0 Å². The third-order valence-electron chi connectivity index (χ3n) is 3.31. The van der Waals surface area contributed by atoms with Gasteiger partial charge in [0.2, 0.25) is 0 Å². The molecule has 0 saturated heterocycles. The van der Waals surface area contributed by atoms with Crippen LogP contribution >= 0.6 is 0 Å². The summed E-state index contributed by atoms with van der Waals surface area (Å²) in [5.74, 6) is -1.16. The number of hydrogen-bond acceptors (Lipinski definition) is 3. The van der Waals surface area contributed by atoms with E-state index in [1.807, 2.05) is 49.4 Å². The first-order valence-corrected chi connectivity index (χ1v) is 6.51. The van der Waals surface area contributed by atoms with Crippen molar-refractivity contribution in [1.82, 2.24) is 0 Å². The van der Waals surface area contributed by atoms with E-state index < -0.39 is 18.0 Å². The Kier molecular flexibility index (Phi) is 4.53. The summed E-state index contributed by atoms with van der Waals surface area (Å²) in [5, 5.41) is 10.5. The van der Waals surface area contributed by atoms with E-state index in [1.165, 1.54) is 7.11 Å². The van der Waals surface area contributed by atoms with Crippen LogP contribution < -0.4 is 0 Å². The lowest BCUT2D eigenvalue weighted by molar-refractivity contribution is -0.145. The topological polar surface area (TPSA) is 46.5 Å². The Bertz CT molecular complexity index is 578. The highest BCUT2D eigenvalue weighted by atomic mass is 16.5. The molecule has 0 radical (unpaired) electrons. The number of carbonyl (C=O) groups excluding carboxylic acids is 1. The molecule has 0 heterocycles. The third kappa shape index (κ3) is 3.06. The molecular weight excluding hydrogens is 252 g/mol. The smallest absolute Gasteiger partial charge is 0.316 e. The van der Waals surface area contributed by atoms with Crippen molar-refractivity contribution in [3.63, 3.8) is 0 Å². The molecule has 0 amide bonds. The number of esters is 1. The van der Waals surface area contributed by atoms with Gasteiger partial charge in [0.25, 0.3) is 0 Å². The number of rotatable bonds is 4. The van der Waals surface area contributed by atoms with Gasteiger partial charge in [-0.2, -0.15) is 0 Å². The molecule has 2 rings (SSSR count). The molecule has 0 spiro atoms. The minimum absolute atomic E-state index is 0.438. The van der Waals surface area contributed by atoms with Crippen LogP contribution in [0.1, 0.15) is 28.7 Å². The van der Waals surface area contributed by atoms with E-state index in [0.717, 1.165) is 11.1 Å². The van der Waals surface area contributed by atoms with Gasteiger partial charge in [-0.05, 0) is 18.1 Å². The Morgan fingerprint density at radius 2 is 1.70 bits per heavy atom. The average Bonchev–Trinajstić information content (AvgIpc) is 2.48. The predicted molar refractivity (Wildman–Crippen MR) is 77.3 cm³/mol. The van der Waals surface area contributed by atoms with Gasteiger partial charge in [0, 0.05) is 0 Å². The minimum atomic E-state index is -0.926. The zero-order valence-corrected chi connectivity index (χ0v) is 11.6. The van der Waals surface area contributed by atoms with Gasteiger partial charge in [0.15, 0.2) is 0 Å². The van der Waals surface area contributed by atoms with Gasteiger partial charge in [0.05, 0.1) is 13.2 Å². The minimum Gasteiger partial charge on any atom is -0.468 e. The number of methoxy groups -OCH3 is 1. The highest BCUT2D eigenvalue weighted by Crippen LogP contribution is 2.32. The van der Waals surface area contributed by atoms with Gasteiger partial charge in [-0.3, -0.25) is 4.79 Å². The highest BCUT2D eigenvalue weighted by molar-refractivity contribution is 5.79. The lowest BCUT2D eigenvalue weighted by Gasteiger charge is -2.21. The molecule has 1 N–H and O–H groups in total. The maximum absolute atomic E-state index is 12.1. The first kappa shape index (κ1) is 14.3. The molecule has 0 aliphatic rings. The molecule has 0 unspecified atom stereocenters. The lowest BCUT2D eigenvalue weighted by Crippen LogP contribution is -2.21. The van der Waals surface area contributed by atoms with Crippen LogP contribution in [0.2, 0.25) is 0 Å². The molecule has 0 aromatic heterocycles. The number of ether oxygens (including phenoxy) is 1. The third-order valence-corrected chi connectivity index (χ3v) is 3.31. The van der Waals surface area contributed by atoms with Gasteiger partial charge in [-0.15, -0.1) is 0 Å². The second kappa shape index (κ2) is 6.35. The predicted octanol–water partition coefficient (Wildman–Crippen LogP) is 2.99. The van der Waals surface area contributed by atoms with Gasteiger partial charge >= 0.3 is 5.97 Å². The number of aliphatic hydroxyl groups excluding tert-OH is 1. The van der Waals surface area contributed by atoms with E-state index in [9.17, 15) is 9.90 Å². The van der Waals surface area contributed by atoms with Crippen LogP contribution in [0.5, 0.6) is 0 Å². The van der Waals surface area contributed by atoms with Crippen LogP contribution in [0.3, 0.4) is 0 Å². The van der Waals surface area contributed by atoms with Crippen molar-refractivity contribution < 1.29 is 14.6 Å². The Labute approximate surface area is 118 Å². The second-order valence-electron chi connectivity index (χ2n) is 4.77. The molecule has 20 heavy (non-hydrogen) atoms. The van der Waals surface area contributed by atoms with Crippen LogP contribution in [0.25, 0.3) is 0 Å². The molecule has 2 aromatic carbocycles. The number of carbonyl (C=O) groups is 1. The Balaban J connectivity index is 2.40. The van der Waals surface area contributed by atoms with Crippen molar-refractivity contribution in [1.29, 1.82) is 0 Å². The fourth-order valence-electron chi connectivity index (χ4n) is 2.28. The highest BCUT2D eigenvalue weighted by Gasteiger charge is 2.30. The van der Waals surface area contributed by atoms with E-state index in [2.05, 4.69) is 0 Å². The van der Waals surface area contributed by atoms with Crippen molar-refractivity contribution in [2.45, 2.75) is 18.9 Å². The Hall–Kier alpha value is -2.13. The molecule has 3 nitrogen and oxygen atoms in total. The summed E-state index contributed by atoms with van der Waals surface area (Å²) in [6.07, 6.45) is -0.926. The molecule has 3 heteroatoms. The molecule has 0 saturated carbocycles. The normalized spacial score (nSPS) is 13.6. The van der Waals surface area contributed by atoms with E-state index in [4.69, 9.17) is 4.74 Å². The van der Waals surface area contributed by atoms with Crippen LogP contribution in [0.15, 0.2) is 54.6 Å². The summed E-state index contributed by atoms with van der Waals surface area (Å²) in [6.45, 7) is 1.95. The molecule has 0 aliphatic carbocycles. The molecule has 104 valence electrons. The summed E-state index contributed by atoms with van der Waals surface area (Å²) < 4.78 is 4.85. The molecule has 2 aromatic rings. The first-order chi connectivity index (χ1) is 9.63. The van der Waals surface area contributed by atoms with Crippen LogP contribution in [0, 0.1) is 6.92 Å². The molecular formula is C17H18O3. The fourth-order valence-corrected chi connectivity index (χ4v) is 2.28. The van der Waals surface area contributed by atoms with E-state index in [-0.39, 0.29) is 0 Å². The van der Waals surface area contributed by atoms with Gasteiger partial charge < -0.3 is 9.84 Å². The van der Waals surface area contributed by atoms with Gasteiger partial charge in [-0.25, -0.2) is 0 Å². The molecule has 0 fully saturated rings. The number of aliphatic hydroxyl groups is 1. The van der Waals surface area contributed by atoms with Crippen LogP contribution in [0.4, 0.5) is 0 Å². The lowest BCUT2D eigenvalue weighted by atomic mass is 9.88. The number of hydrogen-bond donors (Lipinski definition) is 1. The summed E-state index contributed by atoms with van der Waals surface area (Å²) in [7, 11) is 1.34. The monoisotopic (exact) mass is 270 g/mol. The van der Waals surface area contributed by atoms with E-state index in [0.29, 0.717) is 5.56 Å². The van der Waals surface area contributed by atoms with Crippen LogP contribution in [-0.2, 0) is 9.53 Å². The summed E-state index contributed by atoms with van der Waals surface area (Å²) in [6, 6.07) is 16.7. The van der Waals surface area contributed by atoms with Crippen LogP contribution in [-0.4, -0.2) is 18.2 Å². The van der Waals surface area contributed by atoms with Crippen molar-refractivity contribution in [3.8, 4) is 0 Å². The fraction of sp³-hybridized carbons (Fsp3) is 0.235. The largest absolute Gasteiger partial charge is 0.468 e. The zero-order chi connectivity index (χ0) is 14.5. The second-order valence-corrected chi connectivity index (χ2v) is 4.77. The summed E-state index contributed by atoms with van der Waals surface area (Å²) in [4.78, 5) is 12.1. The van der Waals surface area contributed by atoms with Gasteiger partial charge in [-0.1, -0.05) is 60.2 Å². The summed E-state index contributed by atoms with van der Waals surface area (Å²) >= 11 is 0. The van der Waals surface area contributed by atoms with Crippen molar-refractivity contribution in [3.05, 3.63) is 71.3 Å². The van der Waals surface area contributed by atoms with Crippen molar-refractivity contribution >= 4 is 5.97 Å². The quantitative estimate of drug-likeness (QED) is 0.869. The molecule has 0 bridgehead atoms. The van der Waals surface area contributed by atoms with E-state index in [1.54, 1.807) is 12.1 Å². The number of benzene rings is 2. The Morgan fingerprint density at radius 3 is 2.30 bits per heavy atom. The van der Waals surface area contributed by atoms with E-state index >= 15 is 0 Å². The van der Waals surface area contributed by atoms with Crippen molar-refractivity contribution in [2.75, 3.05) is 7.11 Å². The average molecular weight is 270 g/mol. The maximum Gasteiger partial charge on any atom is 0.316 e. The zero-order valence-electron chi connectivity index (χ0n) is 11.6. The maximum atomic E-state index is 12.1. The first-order valence-electron chi connectivity index (χ1n) is 6.51. The number of aryl methyl sites for hydroxylation is 1.